The van der Waals surface area contributed by atoms with Crippen LogP contribution < -0.4 is 5.32 Å². The van der Waals surface area contributed by atoms with E-state index in [2.05, 4.69) is 9.50 Å². The van der Waals surface area contributed by atoms with Crippen molar-refractivity contribution >= 4 is 22.0 Å². The van der Waals surface area contributed by atoms with Crippen LogP contribution in [-0.4, -0.2) is 89.0 Å². The molecule has 1 aliphatic heterocycles. The zero-order valence-corrected chi connectivity index (χ0v) is 14.9. The molecule has 0 radical (unpaired) electrons. The molecule has 12 nitrogen and oxygen atoms in total. The lowest BCUT2D eigenvalue weighted by Crippen LogP contribution is -2.61. The summed E-state index contributed by atoms with van der Waals surface area (Å²) < 4.78 is 31.4. The second-order valence-corrected chi connectivity index (χ2v) is 7.76. The smallest absolute Gasteiger partial charge is 0.364 e. The highest BCUT2D eigenvalue weighted by atomic mass is 32.2. The van der Waals surface area contributed by atoms with Crippen LogP contribution in [0.4, 0.5) is 0 Å². The number of carbonyl (C=O) groups is 2. The van der Waals surface area contributed by atoms with Gasteiger partial charge in [0.05, 0.1) is 37.1 Å². The zero-order valence-electron chi connectivity index (χ0n) is 14.1. The van der Waals surface area contributed by atoms with E-state index in [4.69, 9.17) is 9.84 Å². The first kappa shape index (κ1) is 22.7. The molecule has 26 heavy (non-hydrogen) atoms. The molecule has 0 saturated carbocycles. The van der Waals surface area contributed by atoms with Crippen molar-refractivity contribution in [3.05, 3.63) is 0 Å². The van der Waals surface area contributed by atoms with Crippen LogP contribution in [0.25, 0.3) is 0 Å². The fraction of sp³-hybridized carbons (Fsp3) is 0.846. The fourth-order valence-electron chi connectivity index (χ4n) is 2.64. The van der Waals surface area contributed by atoms with Gasteiger partial charge < -0.3 is 35.6 Å². The predicted octanol–water partition coefficient (Wildman–Crippen LogP) is -3.29. The topological polar surface area (TPSA) is 200 Å². The number of amides is 1. The van der Waals surface area contributed by atoms with Gasteiger partial charge in [0.2, 0.25) is 5.91 Å². The van der Waals surface area contributed by atoms with Crippen LogP contribution in [0.15, 0.2) is 0 Å². The van der Waals surface area contributed by atoms with E-state index >= 15 is 0 Å². The zero-order chi connectivity index (χ0) is 20.3. The third-order valence-electron chi connectivity index (χ3n) is 3.73. The van der Waals surface area contributed by atoms with E-state index < -0.39 is 77.7 Å². The normalized spacial score (nSPS) is 31.8. The van der Waals surface area contributed by atoms with Crippen molar-refractivity contribution in [1.82, 2.24) is 5.32 Å². The van der Waals surface area contributed by atoms with Gasteiger partial charge in [-0.3, -0.25) is 8.98 Å². The summed E-state index contributed by atoms with van der Waals surface area (Å²) in [5, 5.41) is 51.2. The molecule has 0 aromatic heterocycles. The first-order valence-electron chi connectivity index (χ1n) is 7.54. The summed E-state index contributed by atoms with van der Waals surface area (Å²) in [6.45, 7) is 0.403. The van der Waals surface area contributed by atoms with Crippen LogP contribution in [-0.2, 0) is 28.6 Å². The van der Waals surface area contributed by atoms with E-state index in [1.807, 2.05) is 0 Å². The Kier molecular flexibility index (Phi) is 7.47. The molecule has 0 aromatic carbocycles. The summed E-state index contributed by atoms with van der Waals surface area (Å²) >= 11 is 0. The summed E-state index contributed by atoms with van der Waals surface area (Å²) in [6, 6.07) is 0. The monoisotopic (exact) mass is 401 g/mol. The molecular weight excluding hydrogens is 378 g/mol. The number of rotatable bonds is 8. The maximum absolute atomic E-state index is 11.2. The molecule has 0 spiro atoms. The molecule has 1 fully saturated rings. The Balaban J connectivity index is 2.98. The van der Waals surface area contributed by atoms with Gasteiger partial charge in [0.1, 0.15) is 6.23 Å². The van der Waals surface area contributed by atoms with Gasteiger partial charge in [-0.2, -0.15) is 8.42 Å². The van der Waals surface area contributed by atoms with Crippen molar-refractivity contribution in [2.24, 2.45) is 5.92 Å². The lowest BCUT2D eigenvalue weighted by molar-refractivity contribution is -0.297. The molecule has 4 unspecified atom stereocenters. The summed E-state index contributed by atoms with van der Waals surface area (Å²) in [4.78, 5) is 22.3. The third-order valence-corrected chi connectivity index (χ3v) is 4.30. The predicted molar refractivity (Wildman–Crippen MR) is 82.8 cm³/mol. The third kappa shape index (κ3) is 6.42. The second-order valence-electron chi connectivity index (χ2n) is 6.12. The van der Waals surface area contributed by atoms with Gasteiger partial charge in [-0.25, -0.2) is 4.79 Å². The SMILES string of the molecule is CC(=O)N[C@@H](O)C1C(O)CC(O)(C(=O)O)OC1C[C@H](O)COS(C)(=O)=O. The minimum atomic E-state index is -3.85. The Hall–Kier alpha value is -1.35. The van der Waals surface area contributed by atoms with Crippen molar-refractivity contribution in [2.75, 3.05) is 12.9 Å². The fourth-order valence-corrected chi connectivity index (χ4v) is 3.05. The number of ether oxygens (including phenoxy) is 1. The Morgan fingerprint density at radius 3 is 2.42 bits per heavy atom. The van der Waals surface area contributed by atoms with Gasteiger partial charge in [-0.15, -0.1) is 0 Å². The van der Waals surface area contributed by atoms with E-state index in [-0.39, 0.29) is 0 Å². The molecule has 1 aliphatic rings. The van der Waals surface area contributed by atoms with E-state index in [9.17, 15) is 38.4 Å². The Morgan fingerprint density at radius 1 is 1.38 bits per heavy atom. The highest BCUT2D eigenvalue weighted by molar-refractivity contribution is 7.85. The van der Waals surface area contributed by atoms with Crippen molar-refractivity contribution < 1.29 is 52.5 Å². The number of aliphatic hydroxyl groups is 4. The minimum absolute atomic E-state index is 0.497. The lowest BCUT2D eigenvalue weighted by Gasteiger charge is -2.44. The average Bonchev–Trinajstić information content (AvgIpc) is 2.42. The minimum Gasteiger partial charge on any atom is -0.477 e. The van der Waals surface area contributed by atoms with Gasteiger partial charge in [-0.1, -0.05) is 0 Å². The van der Waals surface area contributed by atoms with E-state index in [1.54, 1.807) is 0 Å². The molecule has 0 bridgehead atoms. The Bertz CT molecular complexity index is 624. The molecular formula is C13H23NO11S. The molecule has 0 aromatic rings. The Labute approximate surface area is 149 Å². The van der Waals surface area contributed by atoms with Gasteiger partial charge in [0, 0.05) is 19.8 Å². The molecule has 1 rings (SSSR count). The number of carboxylic acid groups (broad SMARTS) is 1. The van der Waals surface area contributed by atoms with Crippen LogP contribution in [0, 0.1) is 5.92 Å². The molecule has 6 atom stereocenters. The van der Waals surface area contributed by atoms with Gasteiger partial charge >= 0.3 is 5.97 Å². The molecule has 6 N–H and O–H groups in total. The van der Waals surface area contributed by atoms with E-state index in [1.165, 1.54) is 0 Å². The number of nitrogens with one attached hydrogen (secondary N) is 1. The molecule has 1 amide bonds. The highest BCUT2D eigenvalue weighted by Gasteiger charge is 2.53. The molecule has 1 saturated heterocycles. The number of carbonyl (C=O) groups excluding carboxylic acids is 1. The first-order valence-corrected chi connectivity index (χ1v) is 9.36. The lowest BCUT2D eigenvalue weighted by atomic mass is 9.83. The maximum Gasteiger partial charge on any atom is 0.364 e. The van der Waals surface area contributed by atoms with Gasteiger partial charge in [0.15, 0.2) is 0 Å². The van der Waals surface area contributed by atoms with Gasteiger partial charge in [0.25, 0.3) is 15.9 Å². The van der Waals surface area contributed by atoms with Crippen molar-refractivity contribution in [3.63, 3.8) is 0 Å². The number of carboxylic acids is 1. The highest BCUT2D eigenvalue weighted by Crippen LogP contribution is 2.35. The molecule has 1 heterocycles. The molecule has 13 heteroatoms. The van der Waals surface area contributed by atoms with Crippen molar-refractivity contribution in [1.29, 1.82) is 0 Å². The summed E-state index contributed by atoms with van der Waals surface area (Å²) in [5.74, 6) is -6.53. The number of hydrogen-bond donors (Lipinski definition) is 6. The van der Waals surface area contributed by atoms with Crippen LogP contribution in [0.2, 0.25) is 0 Å². The standard InChI is InChI=1S/C13H23NO11S/c1-6(15)14-11(18)10-8(17)4-13(21,12(19)20)25-9(10)3-7(16)5-24-26(2,22)23/h7-11,16-18,21H,3-5H2,1-2H3,(H,14,15)(H,19,20)/t7-,8?,9?,10?,11-,13?/m0/s1. The van der Waals surface area contributed by atoms with E-state index in [0.29, 0.717) is 0 Å². The van der Waals surface area contributed by atoms with Crippen LogP contribution in [0.3, 0.4) is 0 Å². The van der Waals surface area contributed by atoms with Crippen molar-refractivity contribution in [3.8, 4) is 0 Å². The van der Waals surface area contributed by atoms with Gasteiger partial charge in [-0.05, 0) is 0 Å². The summed E-state index contributed by atoms with van der Waals surface area (Å²) in [6.07, 6.45) is -6.76. The Morgan fingerprint density at radius 2 is 1.96 bits per heavy atom. The van der Waals surface area contributed by atoms with Crippen molar-refractivity contribution in [2.45, 2.75) is 50.1 Å². The maximum atomic E-state index is 11.2. The van der Waals surface area contributed by atoms with E-state index in [0.717, 1.165) is 13.2 Å². The number of aliphatic carboxylic acids is 1. The largest absolute Gasteiger partial charge is 0.477 e. The quantitative estimate of drug-likeness (QED) is 0.176. The first-order chi connectivity index (χ1) is 11.7. The summed E-state index contributed by atoms with van der Waals surface area (Å²) in [5.41, 5.74) is 0. The van der Waals surface area contributed by atoms with Crippen LogP contribution in [0.5, 0.6) is 0 Å². The summed E-state index contributed by atoms with van der Waals surface area (Å²) in [7, 11) is -3.85. The average molecular weight is 401 g/mol. The number of hydrogen-bond acceptors (Lipinski definition) is 10. The molecule has 152 valence electrons. The van der Waals surface area contributed by atoms with Crippen LogP contribution in [0.1, 0.15) is 19.8 Å². The van der Waals surface area contributed by atoms with Crippen LogP contribution >= 0.6 is 0 Å². The molecule has 0 aliphatic carbocycles. The second kappa shape index (κ2) is 8.56. The number of aliphatic hydroxyl groups excluding tert-OH is 3.